The minimum absolute atomic E-state index is 0.172. The molecule has 0 spiro atoms. The Hall–Kier alpha value is -9.24. The minimum Gasteiger partial charge on any atom is -0.453 e. The Bertz CT molecular complexity index is 4100. The maximum atomic E-state index is 7.49. The number of hydrogen-bond donors (Lipinski definition) is 0. The Balaban J connectivity index is 0.995. The van der Waals surface area contributed by atoms with Crippen LogP contribution in [0, 0.1) is 0 Å². The number of ether oxygens (including phenoxy) is 1. The summed E-state index contributed by atoms with van der Waals surface area (Å²) in [7, 11) is 0. The highest BCUT2D eigenvalue weighted by molar-refractivity contribution is 6.12. The molecule has 360 valence electrons. The molecule has 1 heterocycles. The zero-order valence-corrected chi connectivity index (χ0v) is 43.0. The Labute approximate surface area is 444 Å². The molecule has 12 aromatic rings. The fourth-order valence-corrected chi connectivity index (χ4v) is 13.3. The molecule has 0 fully saturated rings. The molecule has 76 heavy (non-hydrogen) atoms. The highest BCUT2D eigenvalue weighted by Gasteiger charge is 2.39. The van der Waals surface area contributed by atoms with Gasteiger partial charge in [0.25, 0.3) is 0 Å². The number of rotatable bonds is 6. The van der Waals surface area contributed by atoms with Crippen LogP contribution in [0.5, 0.6) is 11.5 Å². The van der Waals surface area contributed by atoms with Crippen molar-refractivity contribution in [1.29, 1.82) is 0 Å². The maximum Gasteiger partial charge on any atom is 0.152 e. The van der Waals surface area contributed by atoms with Crippen LogP contribution in [0.25, 0.3) is 99.4 Å². The number of benzene rings is 12. The third-order valence-electron chi connectivity index (χ3n) is 17.0. The highest BCUT2D eigenvalue weighted by atomic mass is 16.5. The van der Waals surface area contributed by atoms with Gasteiger partial charge in [-0.2, -0.15) is 0 Å². The van der Waals surface area contributed by atoms with Crippen molar-refractivity contribution in [2.45, 2.75) is 38.5 Å². The van der Waals surface area contributed by atoms with Crippen molar-refractivity contribution in [2.75, 3.05) is 4.90 Å². The summed E-state index contributed by atoms with van der Waals surface area (Å²) in [6, 6.07) is 92.0. The van der Waals surface area contributed by atoms with Gasteiger partial charge < -0.3 is 9.64 Å². The molecule has 2 heteroatoms. The van der Waals surface area contributed by atoms with E-state index >= 15 is 0 Å². The van der Waals surface area contributed by atoms with E-state index < -0.39 is 0 Å². The Kier molecular flexibility index (Phi) is 9.69. The van der Waals surface area contributed by atoms with Gasteiger partial charge in [-0.05, 0) is 159 Å². The molecule has 0 amide bonds. The van der Waals surface area contributed by atoms with Gasteiger partial charge in [-0.25, -0.2) is 0 Å². The van der Waals surface area contributed by atoms with Gasteiger partial charge >= 0.3 is 0 Å². The molecular formula is C74H53NO. The Morgan fingerprint density at radius 2 is 0.658 bits per heavy atom. The van der Waals surface area contributed by atoms with Crippen LogP contribution in [0.1, 0.15) is 49.9 Å². The van der Waals surface area contributed by atoms with Crippen molar-refractivity contribution in [3.63, 3.8) is 0 Å². The van der Waals surface area contributed by atoms with Crippen molar-refractivity contribution in [2.24, 2.45) is 0 Å². The summed E-state index contributed by atoms with van der Waals surface area (Å²) in [5.74, 6) is 1.60. The number of hydrogen-bond acceptors (Lipinski definition) is 2. The van der Waals surface area contributed by atoms with Crippen LogP contribution in [-0.2, 0) is 10.8 Å². The van der Waals surface area contributed by atoms with Gasteiger partial charge in [0, 0.05) is 22.0 Å². The molecule has 15 rings (SSSR count). The van der Waals surface area contributed by atoms with E-state index in [1.54, 1.807) is 0 Å². The fraction of sp³-hybridized carbons (Fsp3) is 0.0811. The van der Waals surface area contributed by atoms with Gasteiger partial charge in [-0.1, -0.05) is 228 Å². The topological polar surface area (TPSA) is 12.5 Å². The van der Waals surface area contributed by atoms with E-state index in [2.05, 4.69) is 281 Å². The first-order chi connectivity index (χ1) is 37.2. The van der Waals surface area contributed by atoms with E-state index in [1.165, 1.54) is 82.7 Å². The van der Waals surface area contributed by atoms with E-state index in [-0.39, 0.29) is 10.8 Å². The van der Waals surface area contributed by atoms with Gasteiger partial charge in [-0.3, -0.25) is 0 Å². The molecule has 0 saturated heterocycles. The van der Waals surface area contributed by atoms with Crippen LogP contribution < -0.4 is 9.64 Å². The molecule has 0 bridgehead atoms. The zero-order chi connectivity index (χ0) is 50.9. The van der Waals surface area contributed by atoms with E-state index in [4.69, 9.17) is 4.74 Å². The van der Waals surface area contributed by atoms with Gasteiger partial charge in [0.2, 0.25) is 0 Å². The predicted octanol–water partition coefficient (Wildman–Crippen LogP) is 20.5. The molecular weight excluding hydrogens is 919 g/mol. The highest BCUT2D eigenvalue weighted by Crippen LogP contribution is 2.60. The molecule has 0 atom stereocenters. The summed E-state index contributed by atoms with van der Waals surface area (Å²) in [5, 5.41) is 5.00. The van der Waals surface area contributed by atoms with Crippen LogP contribution >= 0.6 is 0 Å². The lowest BCUT2D eigenvalue weighted by Gasteiger charge is -2.36. The zero-order valence-electron chi connectivity index (χ0n) is 43.0. The molecule has 12 aromatic carbocycles. The number of nitrogens with zero attached hydrogens (tertiary/aromatic N) is 1. The van der Waals surface area contributed by atoms with Crippen LogP contribution in [0.2, 0.25) is 0 Å². The van der Waals surface area contributed by atoms with E-state index in [0.717, 1.165) is 67.5 Å². The normalized spacial score (nSPS) is 14.1. The van der Waals surface area contributed by atoms with Crippen LogP contribution in [0.15, 0.2) is 249 Å². The average Bonchev–Trinajstić information content (AvgIpc) is 4.06. The van der Waals surface area contributed by atoms with E-state index in [0.29, 0.717) is 0 Å². The molecule has 0 radical (unpaired) electrons. The molecule has 0 aromatic heterocycles. The molecule has 1 aliphatic heterocycles. The van der Waals surface area contributed by atoms with Gasteiger partial charge in [-0.15, -0.1) is 0 Å². The second-order valence-corrected chi connectivity index (χ2v) is 21.9. The second-order valence-electron chi connectivity index (χ2n) is 21.9. The average molecular weight is 972 g/mol. The summed E-state index contributed by atoms with van der Waals surface area (Å²) < 4.78 is 7.49. The Morgan fingerprint density at radius 1 is 0.276 bits per heavy atom. The van der Waals surface area contributed by atoms with Gasteiger partial charge in [0.05, 0.1) is 17.1 Å². The van der Waals surface area contributed by atoms with Crippen LogP contribution in [0.3, 0.4) is 0 Å². The third kappa shape index (κ3) is 6.53. The first kappa shape index (κ1) is 44.3. The van der Waals surface area contributed by atoms with Crippen LogP contribution in [-0.4, -0.2) is 0 Å². The number of fused-ring (bicyclic) bond motifs is 12. The van der Waals surface area contributed by atoms with Crippen molar-refractivity contribution in [1.82, 2.24) is 0 Å². The summed E-state index contributed by atoms with van der Waals surface area (Å²) in [4.78, 5) is 2.49. The largest absolute Gasteiger partial charge is 0.453 e. The summed E-state index contributed by atoms with van der Waals surface area (Å²) in [6.45, 7) is 9.50. The second kappa shape index (κ2) is 16.6. The summed E-state index contributed by atoms with van der Waals surface area (Å²) in [5.41, 5.74) is 25.0. The quantitative estimate of drug-likeness (QED) is 0.165. The molecule has 0 N–H and O–H groups in total. The van der Waals surface area contributed by atoms with Gasteiger partial charge in [0.1, 0.15) is 0 Å². The SMILES string of the molecule is CC1(C)c2ccccc2-c2c1cc(-c1ccc3c(c1)Oc1cc(-c4cc5c(c6ccccc46)-c4ccccc4C5(C)C)ccc1N3c1c(-c3ccccc3)cc(-c3ccccc3)cc1-c1ccccc1)c1ccccc21. The smallest absolute Gasteiger partial charge is 0.152 e. The van der Waals surface area contributed by atoms with Crippen molar-refractivity contribution >= 4 is 38.6 Å². The molecule has 0 saturated carbocycles. The monoisotopic (exact) mass is 971 g/mol. The lowest BCUT2D eigenvalue weighted by Crippen LogP contribution is -2.18. The lowest BCUT2D eigenvalue weighted by atomic mass is 9.80. The maximum absolute atomic E-state index is 7.49. The Morgan fingerprint density at radius 3 is 1.11 bits per heavy atom. The third-order valence-corrected chi connectivity index (χ3v) is 17.0. The standard InChI is InChI=1S/C74H53NO/c1-73(2)62-34-20-18-32-56(62)70-54-30-16-14-28-52(54)58(44-64(70)73)49-36-38-66-68(42-49)76-69-43-50(59-45-65-71(55-31-17-15-29-53(55)59)57-33-19-21-35-63(57)74(65,3)4)37-39-67(69)75(66)72-60(47-24-10-6-11-25-47)40-51(46-22-8-5-9-23-46)41-61(72)48-26-12-7-13-27-48/h5-45H,1-4H3. The minimum atomic E-state index is -0.172. The first-order valence-electron chi connectivity index (χ1n) is 26.7. The predicted molar refractivity (Wildman–Crippen MR) is 319 cm³/mol. The first-order valence-corrected chi connectivity index (χ1v) is 26.7. The van der Waals surface area contributed by atoms with E-state index in [9.17, 15) is 0 Å². The van der Waals surface area contributed by atoms with E-state index in [1.807, 2.05) is 0 Å². The van der Waals surface area contributed by atoms with Crippen molar-refractivity contribution < 1.29 is 4.74 Å². The summed E-state index contributed by atoms with van der Waals surface area (Å²) in [6.07, 6.45) is 0. The van der Waals surface area contributed by atoms with Crippen molar-refractivity contribution in [3.8, 4) is 89.4 Å². The molecule has 2 aliphatic carbocycles. The molecule has 2 nitrogen and oxygen atoms in total. The lowest BCUT2D eigenvalue weighted by molar-refractivity contribution is 0.477. The van der Waals surface area contributed by atoms with Gasteiger partial charge in [0.15, 0.2) is 11.5 Å². The number of anilines is 3. The van der Waals surface area contributed by atoms with Crippen LogP contribution in [0.4, 0.5) is 17.1 Å². The summed E-state index contributed by atoms with van der Waals surface area (Å²) >= 11 is 0. The molecule has 0 unspecified atom stereocenters. The fourth-order valence-electron chi connectivity index (χ4n) is 13.3. The van der Waals surface area contributed by atoms with Crippen molar-refractivity contribution in [3.05, 3.63) is 271 Å². The molecule has 3 aliphatic rings.